The highest BCUT2D eigenvalue weighted by molar-refractivity contribution is 5.97. The van der Waals surface area contributed by atoms with Crippen LogP contribution in [0.1, 0.15) is 15.9 Å². The minimum Gasteiger partial charge on any atom is -0.496 e. The van der Waals surface area contributed by atoms with E-state index in [-0.39, 0.29) is 5.91 Å². The molecule has 0 bridgehead atoms. The van der Waals surface area contributed by atoms with Gasteiger partial charge in [-0.05, 0) is 24.6 Å². The summed E-state index contributed by atoms with van der Waals surface area (Å²) < 4.78 is 10.4. The Morgan fingerprint density at radius 3 is 2.52 bits per heavy atom. The molecule has 1 aromatic rings. The first-order chi connectivity index (χ1) is 10.2. The predicted molar refractivity (Wildman–Crippen MR) is 82.0 cm³/mol. The molecule has 1 aliphatic heterocycles. The van der Waals surface area contributed by atoms with Crippen molar-refractivity contribution in [1.82, 2.24) is 9.80 Å². The minimum absolute atomic E-state index is 0.0539. The lowest BCUT2D eigenvalue weighted by Gasteiger charge is -2.34. The van der Waals surface area contributed by atoms with Gasteiger partial charge in [-0.1, -0.05) is 6.07 Å². The van der Waals surface area contributed by atoms with Crippen molar-refractivity contribution < 1.29 is 14.3 Å². The minimum atomic E-state index is 0.0539. The normalized spacial score (nSPS) is 16.0. The maximum absolute atomic E-state index is 12.6. The van der Waals surface area contributed by atoms with Gasteiger partial charge in [0.25, 0.3) is 5.91 Å². The van der Waals surface area contributed by atoms with Gasteiger partial charge in [0, 0.05) is 39.8 Å². The number of nitrogens with zero attached hydrogens (tertiary/aromatic N) is 2. The Morgan fingerprint density at radius 1 is 1.19 bits per heavy atom. The monoisotopic (exact) mass is 292 g/mol. The standard InChI is InChI=1S/C16H24N2O3/c1-13-4-5-14(15(12-13)21-3)16(19)18-8-6-17(7-9-18)10-11-20-2/h4-5,12H,6-11H2,1-3H3. The van der Waals surface area contributed by atoms with Crippen molar-refractivity contribution >= 4 is 5.91 Å². The molecule has 116 valence electrons. The third-order valence-corrected chi connectivity index (χ3v) is 3.86. The molecule has 1 heterocycles. The summed E-state index contributed by atoms with van der Waals surface area (Å²) in [5, 5.41) is 0. The van der Waals surface area contributed by atoms with Crippen LogP contribution in [0.2, 0.25) is 0 Å². The van der Waals surface area contributed by atoms with Gasteiger partial charge in [-0.25, -0.2) is 0 Å². The molecule has 2 rings (SSSR count). The van der Waals surface area contributed by atoms with Gasteiger partial charge < -0.3 is 14.4 Å². The summed E-state index contributed by atoms with van der Waals surface area (Å²) >= 11 is 0. The van der Waals surface area contributed by atoms with Crippen LogP contribution < -0.4 is 4.74 Å². The van der Waals surface area contributed by atoms with Gasteiger partial charge in [-0.3, -0.25) is 9.69 Å². The third-order valence-electron chi connectivity index (χ3n) is 3.86. The van der Waals surface area contributed by atoms with Gasteiger partial charge in [-0.2, -0.15) is 0 Å². The van der Waals surface area contributed by atoms with Crippen LogP contribution >= 0.6 is 0 Å². The largest absolute Gasteiger partial charge is 0.496 e. The van der Waals surface area contributed by atoms with Gasteiger partial charge in [0.05, 0.1) is 19.3 Å². The van der Waals surface area contributed by atoms with E-state index in [1.807, 2.05) is 30.0 Å². The van der Waals surface area contributed by atoms with Gasteiger partial charge in [0.15, 0.2) is 0 Å². The van der Waals surface area contributed by atoms with Crippen molar-refractivity contribution in [3.8, 4) is 5.75 Å². The lowest BCUT2D eigenvalue weighted by molar-refractivity contribution is 0.0591. The zero-order chi connectivity index (χ0) is 15.2. The van der Waals surface area contributed by atoms with E-state index in [1.165, 1.54) is 0 Å². The fraction of sp³-hybridized carbons (Fsp3) is 0.562. The smallest absolute Gasteiger partial charge is 0.257 e. The maximum Gasteiger partial charge on any atom is 0.257 e. The molecule has 0 unspecified atom stereocenters. The Balaban J connectivity index is 1.99. The zero-order valence-corrected chi connectivity index (χ0v) is 13.1. The molecule has 0 N–H and O–H groups in total. The number of rotatable bonds is 5. The van der Waals surface area contributed by atoms with E-state index < -0.39 is 0 Å². The molecule has 0 radical (unpaired) electrons. The Labute approximate surface area is 126 Å². The average molecular weight is 292 g/mol. The number of ether oxygens (including phenoxy) is 2. The highest BCUT2D eigenvalue weighted by atomic mass is 16.5. The molecular weight excluding hydrogens is 268 g/mol. The first-order valence-electron chi connectivity index (χ1n) is 7.31. The van der Waals surface area contributed by atoms with Crippen LogP contribution in [0.5, 0.6) is 5.75 Å². The predicted octanol–water partition coefficient (Wildman–Crippen LogP) is 1.41. The van der Waals surface area contributed by atoms with E-state index in [1.54, 1.807) is 14.2 Å². The molecule has 0 atom stereocenters. The van der Waals surface area contributed by atoms with Gasteiger partial charge in [0.2, 0.25) is 0 Å². The Hall–Kier alpha value is -1.59. The van der Waals surface area contributed by atoms with E-state index >= 15 is 0 Å². The number of carbonyl (C=O) groups is 1. The average Bonchev–Trinajstić information content (AvgIpc) is 2.52. The van der Waals surface area contributed by atoms with Crippen molar-refractivity contribution in [2.75, 3.05) is 53.6 Å². The van der Waals surface area contributed by atoms with Crippen molar-refractivity contribution in [3.05, 3.63) is 29.3 Å². The SMILES string of the molecule is COCCN1CCN(C(=O)c2ccc(C)cc2OC)CC1. The van der Waals surface area contributed by atoms with E-state index in [9.17, 15) is 4.79 Å². The van der Waals surface area contributed by atoms with Crippen LogP contribution in [0.4, 0.5) is 0 Å². The molecule has 1 aromatic carbocycles. The summed E-state index contributed by atoms with van der Waals surface area (Å²) in [7, 11) is 3.32. The molecule has 1 aliphatic rings. The van der Waals surface area contributed by atoms with Crippen molar-refractivity contribution in [2.45, 2.75) is 6.92 Å². The van der Waals surface area contributed by atoms with Crippen LogP contribution in [-0.4, -0.2) is 69.3 Å². The van der Waals surface area contributed by atoms with E-state index in [4.69, 9.17) is 9.47 Å². The molecule has 21 heavy (non-hydrogen) atoms. The molecule has 5 heteroatoms. The maximum atomic E-state index is 12.6. The van der Waals surface area contributed by atoms with Crippen molar-refractivity contribution in [3.63, 3.8) is 0 Å². The van der Waals surface area contributed by atoms with Crippen molar-refractivity contribution in [1.29, 1.82) is 0 Å². The second-order valence-corrected chi connectivity index (χ2v) is 5.33. The number of amides is 1. The first-order valence-corrected chi connectivity index (χ1v) is 7.31. The Bertz CT molecular complexity index is 482. The summed E-state index contributed by atoms with van der Waals surface area (Å²) in [5.41, 5.74) is 1.74. The molecule has 0 saturated carbocycles. The number of hydrogen-bond donors (Lipinski definition) is 0. The number of carbonyl (C=O) groups excluding carboxylic acids is 1. The summed E-state index contributed by atoms with van der Waals surface area (Å²) in [5.74, 6) is 0.708. The Kier molecular flexibility index (Phi) is 5.59. The molecule has 5 nitrogen and oxygen atoms in total. The number of benzene rings is 1. The van der Waals surface area contributed by atoms with Crippen LogP contribution in [0.25, 0.3) is 0 Å². The topological polar surface area (TPSA) is 42.0 Å². The molecule has 0 aromatic heterocycles. The van der Waals surface area contributed by atoms with Crippen molar-refractivity contribution in [2.24, 2.45) is 0 Å². The molecule has 1 saturated heterocycles. The Morgan fingerprint density at radius 2 is 1.90 bits per heavy atom. The lowest BCUT2D eigenvalue weighted by Crippen LogP contribution is -2.49. The molecule has 0 aliphatic carbocycles. The summed E-state index contributed by atoms with van der Waals surface area (Å²) in [6.07, 6.45) is 0. The fourth-order valence-electron chi connectivity index (χ4n) is 2.54. The van der Waals surface area contributed by atoms with Crippen LogP contribution in [0, 0.1) is 6.92 Å². The van der Waals surface area contributed by atoms with Crippen LogP contribution in [-0.2, 0) is 4.74 Å². The number of hydrogen-bond acceptors (Lipinski definition) is 4. The molecule has 1 fully saturated rings. The second kappa shape index (κ2) is 7.43. The van der Waals surface area contributed by atoms with E-state index in [2.05, 4.69) is 4.90 Å². The number of methoxy groups -OCH3 is 2. The van der Waals surface area contributed by atoms with Crippen LogP contribution in [0.3, 0.4) is 0 Å². The third kappa shape index (κ3) is 3.95. The van der Waals surface area contributed by atoms with Gasteiger partial charge >= 0.3 is 0 Å². The van der Waals surface area contributed by atoms with Gasteiger partial charge in [0.1, 0.15) is 5.75 Å². The van der Waals surface area contributed by atoms with Gasteiger partial charge in [-0.15, -0.1) is 0 Å². The first kappa shape index (κ1) is 15.8. The molecular formula is C16H24N2O3. The fourth-order valence-corrected chi connectivity index (χ4v) is 2.54. The summed E-state index contributed by atoms with van der Waals surface area (Å²) in [4.78, 5) is 16.8. The number of piperazine rings is 1. The zero-order valence-electron chi connectivity index (χ0n) is 13.1. The lowest BCUT2D eigenvalue weighted by atomic mass is 10.1. The highest BCUT2D eigenvalue weighted by Gasteiger charge is 2.23. The second-order valence-electron chi connectivity index (χ2n) is 5.33. The molecule has 1 amide bonds. The summed E-state index contributed by atoms with van der Waals surface area (Å²) in [6.45, 7) is 6.93. The quantitative estimate of drug-likeness (QED) is 0.823. The van der Waals surface area contributed by atoms with E-state index in [0.717, 1.165) is 44.9 Å². The number of aryl methyl sites for hydroxylation is 1. The highest BCUT2D eigenvalue weighted by Crippen LogP contribution is 2.22. The van der Waals surface area contributed by atoms with Crippen LogP contribution in [0.15, 0.2) is 18.2 Å². The molecule has 0 spiro atoms. The van der Waals surface area contributed by atoms with E-state index in [0.29, 0.717) is 11.3 Å². The summed E-state index contributed by atoms with van der Waals surface area (Å²) in [6, 6.07) is 5.71.